The molecule has 0 aliphatic heterocycles. The number of carbonyl (C=O) groups excluding carboxylic acids is 2. The van der Waals surface area contributed by atoms with Gasteiger partial charge in [0.2, 0.25) is 0 Å². The molecule has 4 nitrogen and oxygen atoms in total. The zero-order valence-electron chi connectivity index (χ0n) is 14.3. The summed E-state index contributed by atoms with van der Waals surface area (Å²) in [7, 11) is 0. The average molecular weight is 320 g/mol. The zero-order valence-corrected chi connectivity index (χ0v) is 14.3. The van der Waals surface area contributed by atoms with E-state index in [1.807, 2.05) is 12.1 Å². The van der Waals surface area contributed by atoms with Crippen molar-refractivity contribution in [3.05, 3.63) is 29.8 Å². The summed E-state index contributed by atoms with van der Waals surface area (Å²) in [6.07, 6.45) is 6.38. The summed E-state index contributed by atoms with van der Waals surface area (Å²) in [6, 6.07) is 7.17. The molecule has 1 aromatic rings. The summed E-state index contributed by atoms with van der Waals surface area (Å²) in [4.78, 5) is 23.0. The summed E-state index contributed by atoms with van der Waals surface area (Å²) in [5.41, 5.74) is 0.479. The number of unbranched alkanes of at least 4 members (excludes halogenated alkanes) is 4. The Morgan fingerprint density at radius 3 is 2.43 bits per heavy atom. The Hall–Kier alpha value is -1.84. The van der Waals surface area contributed by atoms with Gasteiger partial charge in [-0.15, -0.1) is 0 Å². The minimum atomic E-state index is -0.326. The number of para-hydroxylation sites is 1. The molecule has 0 spiro atoms. The van der Waals surface area contributed by atoms with Gasteiger partial charge in [-0.3, -0.25) is 0 Å². The first-order valence-electron chi connectivity index (χ1n) is 8.53. The van der Waals surface area contributed by atoms with Gasteiger partial charge in [0, 0.05) is 6.42 Å². The van der Waals surface area contributed by atoms with Crippen LogP contribution in [0.1, 0.15) is 69.2 Å². The molecule has 23 heavy (non-hydrogen) atoms. The highest BCUT2D eigenvalue weighted by Gasteiger charge is 2.13. The van der Waals surface area contributed by atoms with Gasteiger partial charge in [0.05, 0.1) is 13.2 Å². The number of rotatable bonds is 12. The van der Waals surface area contributed by atoms with E-state index in [9.17, 15) is 9.59 Å². The fraction of sp³-hybridized carbons (Fsp3) is 0.579. The summed E-state index contributed by atoms with van der Waals surface area (Å²) >= 11 is 0. The normalized spacial score (nSPS) is 10.3. The van der Waals surface area contributed by atoms with Crippen LogP contribution < -0.4 is 4.74 Å². The number of Topliss-reactive ketones (excluding diaryl/α,β-unsaturated/α-hetero) is 1. The van der Waals surface area contributed by atoms with E-state index < -0.39 is 0 Å². The van der Waals surface area contributed by atoms with Crippen LogP contribution in [0.15, 0.2) is 24.3 Å². The number of hydrogen-bond acceptors (Lipinski definition) is 4. The molecule has 0 fully saturated rings. The van der Waals surface area contributed by atoms with Crippen LogP contribution in [-0.4, -0.2) is 25.0 Å². The molecule has 128 valence electrons. The van der Waals surface area contributed by atoms with Crippen LogP contribution >= 0.6 is 0 Å². The van der Waals surface area contributed by atoms with E-state index in [2.05, 4.69) is 6.92 Å². The molecule has 0 amide bonds. The average Bonchev–Trinajstić information content (AvgIpc) is 2.54. The van der Waals surface area contributed by atoms with E-state index in [-0.39, 0.29) is 11.8 Å². The number of esters is 1. The van der Waals surface area contributed by atoms with Crippen LogP contribution in [-0.2, 0) is 9.53 Å². The molecule has 0 heterocycles. The third-order valence-electron chi connectivity index (χ3n) is 3.52. The van der Waals surface area contributed by atoms with Crippen molar-refractivity contribution in [2.75, 3.05) is 13.2 Å². The first-order valence-corrected chi connectivity index (χ1v) is 8.53. The second kappa shape index (κ2) is 11.7. The van der Waals surface area contributed by atoms with Crippen molar-refractivity contribution in [1.82, 2.24) is 0 Å². The van der Waals surface area contributed by atoms with Crippen molar-refractivity contribution in [3.8, 4) is 5.75 Å². The van der Waals surface area contributed by atoms with E-state index in [4.69, 9.17) is 9.47 Å². The Morgan fingerprint density at radius 1 is 0.957 bits per heavy atom. The first-order chi connectivity index (χ1) is 11.1. The molecule has 1 aromatic carbocycles. The largest absolute Gasteiger partial charge is 0.493 e. The van der Waals surface area contributed by atoms with Gasteiger partial charge in [0.25, 0.3) is 0 Å². The highest BCUT2D eigenvalue weighted by Crippen LogP contribution is 2.19. The van der Waals surface area contributed by atoms with E-state index in [0.29, 0.717) is 30.9 Å². The van der Waals surface area contributed by atoms with Crippen LogP contribution in [0.2, 0.25) is 0 Å². The van der Waals surface area contributed by atoms with Crippen LogP contribution in [0.5, 0.6) is 5.75 Å². The second-order valence-corrected chi connectivity index (χ2v) is 5.70. The lowest BCUT2D eigenvalue weighted by Gasteiger charge is -2.11. The van der Waals surface area contributed by atoms with Crippen molar-refractivity contribution in [1.29, 1.82) is 0 Å². The zero-order chi connectivity index (χ0) is 16.9. The number of ether oxygens (including phenoxy) is 2. The van der Waals surface area contributed by atoms with Gasteiger partial charge in [-0.05, 0) is 44.7 Å². The molecule has 0 aliphatic carbocycles. The Kier molecular flexibility index (Phi) is 9.76. The molecule has 0 saturated carbocycles. The first kappa shape index (κ1) is 19.2. The lowest BCUT2D eigenvalue weighted by atomic mass is 10.1. The third kappa shape index (κ3) is 8.38. The maximum absolute atomic E-state index is 12.1. The van der Waals surface area contributed by atoms with Gasteiger partial charge in [-0.1, -0.05) is 31.9 Å². The van der Waals surface area contributed by atoms with Crippen molar-refractivity contribution in [2.45, 2.75) is 58.8 Å². The van der Waals surface area contributed by atoms with Crippen LogP contribution in [0.25, 0.3) is 0 Å². The quantitative estimate of drug-likeness (QED) is 0.418. The number of carbonyl (C=O) groups is 2. The summed E-state index contributed by atoms with van der Waals surface area (Å²) in [5.74, 6) is 0.468. The van der Waals surface area contributed by atoms with Crippen LogP contribution in [0, 0.1) is 0 Å². The fourth-order valence-electron chi connectivity index (χ4n) is 2.19. The van der Waals surface area contributed by atoms with Gasteiger partial charge in [0.1, 0.15) is 17.1 Å². The Balaban J connectivity index is 2.37. The van der Waals surface area contributed by atoms with Gasteiger partial charge >= 0.3 is 5.97 Å². The molecule has 0 N–H and O–H groups in total. The molecular weight excluding hydrogens is 292 g/mol. The molecule has 0 saturated heterocycles. The molecular formula is C19H28O4. The van der Waals surface area contributed by atoms with E-state index in [0.717, 1.165) is 38.5 Å². The Bertz CT molecular complexity index is 482. The predicted octanol–water partition coefficient (Wildman–Crippen LogP) is 4.56. The van der Waals surface area contributed by atoms with Crippen molar-refractivity contribution >= 4 is 11.8 Å². The molecule has 0 aliphatic rings. The highest BCUT2D eigenvalue weighted by molar-refractivity contribution is 5.92. The predicted molar refractivity (Wildman–Crippen MR) is 90.9 cm³/mol. The summed E-state index contributed by atoms with van der Waals surface area (Å²) < 4.78 is 11.0. The topological polar surface area (TPSA) is 52.6 Å². The smallest absolute Gasteiger partial charge is 0.341 e. The van der Waals surface area contributed by atoms with Crippen LogP contribution in [0.4, 0.5) is 0 Å². The lowest BCUT2D eigenvalue weighted by Crippen LogP contribution is -2.09. The van der Waals surface area contributed by atoms with Gasteiger partial charge in [-0.2, -0.15) is 0 Å². The Morgan fingerprint density at radius 2 is 1.70 bits per heavy atom. The maximum Gasteiger partial charge on any atom is 0.341 e. The number of hydrogen-bond donors (Lipinski definition) is 0. The molecule has 1 rings (SSSR count). The SMILES string of the molecule is CCCCCOC(=O)c1ccccc1OCCCCCC(C)=O. The monoisotopic (exact) mass is 320 g/mol. The minimum absolute atomic E-state index is 0.224. The second-order valence-electron chi connectivity index (χ2n) is 5.70. The minimum Gasteiger partial charge on any atom is -0.493 e. The van der Waals surface area contributed by atoms with E-state index in [1.165, 1.54) is 0 Å². The number of ketones is 1. The van der Waals surface area contributed by atoms with E-state index >= 15 is 0 Å². The molecule has 0 atom stereocenters. The molecule has 0 unspecified atom stereocenters. The van der Waals surface area contributed by atoms with Crippen LogP contribution in [0.3, 0.4) is 0 Å². The van der Waals surface area contributed by atoms with Crippen molar-refractivity contribution < 1.29 is 19.1 Å². The highest BCUT2D eigenvalue weighted by atomic mass is 16.5. The summed E-state index contributed by atoms with van der Waals surface area (Å²) in [6.45, 7) is 4.71. The molecule has 0 aromatic heterocycles. The Labute approximate surface area is 139 Å². The molecule has 0 bridgehead atoms. The van der Waals surface area contributed by atoms with Gasteiger partial charge in [-0.25, -0.2) is 4.79 Å². The molecule has 0 radical (unpaired) electrons. The van der Waals surface area contributed by atoms with E-state index in [1.54, 1.807) is 19.1 Å². The number of benzene rings is 1. The fourth-order valence-corrected chi connectivity index (χ4v) is 2.19. The summed E-state index contributed by atoms with van der Waals surface area (Å²) in [5, 5.41) is 0. The maximum atomic E-state index is 12.1. The van der Waals surface area contributed by atoms with Crippen molar-refractivity contribution in [2.24, 2.45) is 0 Å². The van der Waals surface area contributed by atoms with Gasteiger partial charge in [0.15, 0.2) is 0 Å². The third-order valence-corrected chi connectivity index (χ3v) is 3.52. The lowest BCUT2D eigenvalue weighted by molar-refractivity contribution is -0.117. The molecule has 4 heteroatoms. The van der Waals surface area contributed by atoms with Crippen molar-refractivity contribution in [3.63, 3.8) is 0 Å². The standard InChI is InChI=1S/C19H28O4/c1-3-4-9-15-23-19(21)17-12-7-8-13-18(17)22-14-10-5-6-11-16(2)20/h7-8,12-13H,3-6,9-11,14-15H2,1-2H3. The van der Waals surface area contributed by atoms with Gasteiger partial charge < -0.3 is 14.3 Å².